The van der Waals surface area contributed by atoms with Gasteiger partial charge in [-0.15, -0.1) is 6.58 Å². The normalized spacial score (nSPS) is 22.8. The summed E-state index contributed by atoms with van der Waals surface area (Å²) in [5, 5.41) is 12.6. The molecule has 0 aliphatic heterocycles. The zero-order valence-electron chi connectivity index (χ0n) is 9.78. The van der Waals surface area contributed by atoms with E-state index in [-0.39, 0.29) is 0 Å². The van der Waals surface area contributed by atoms with E-state index < -0.39 is 11.5 Å². The molecule has 1 aromatic carbocycles. The first kappa shape index (κ1) is 11.9. The van der Waals surface area contributed by atoms with Crippen LogP contribution < -0.4 is 5.32 Å². The SMILES string of the molecule is C=CCNC1(C(=O)O)CCc2ccccc2C1. The van der Waals surface area contributed by atoms with E-state index in [2.05, 4.69) is 18.0 Å². The minimum absolute atomic E-state index is 0.522. The fourth-order valence-electron chi connectivity index (χ4n) is 2.41. The smallest absolute Gasteiger partial charge is 0.324 e. The number of carboxylic acid groups (broad SMARTS) is 1. The maximum atomic E-state index is 11.5. The molecule has 0 saturated carbocycles. The van der Waals surface area contributed by atoms with Gasteiger partial charge in [0.05, 0.1) is 0 Å². The second-order valence-corrected chi connectivity index (χ2v) is 4.50. The molecule has 2 rings (SSSR count). The Labute approximate surface area is 101 Å². The maximum absolute atomic E-state index is 11.5. The average Bonchev–Trinajstić information content (AvgIpc) is 2.36. The number of carboxylic acids is 1. The third-order valence-corrected chi connectivity index (χ3v) is 3.43. The Morgan fingerprint density at radius 1 is 1.47 bits per heavy atom. The van der Waals surface area contributed by atoms with Crippen LogP contribution in [0.25, 0.3) is 0 Å². The Balaban J connectivity index is 2.27. The van der Waals surface area contributed by atoms with Crippen LogP contribution in [-0.2, 0) is 17.6 Å². The number of fused-ring (bicyclic) bond motifs is 1. The molecule has 0 saturated heterocycles. The van der Waals surface area contributed by atoms with E-state index in [0.717, 1.165) is 12.0 Å². The van der Waals surface area contributed by atoms with Crippen molar-refractivity contribution in [3.8, 4) is 0 Å². The van der Waals surface area contributed by atoms with Gasteiger partial charge in [-0.1, -0.05) is 30.3 Å². The van der Waals surface area contributed by atoms with Crippen LogP contribution in [0, 0.1) is 0 Å². The molecule has 0 aromatic heterocycles. The van der Waals surface area contributed by atoms with Crippen LogP contribution in [0.15, 0.2) is 36.9 Å². The number of carbonyl (C=O) groups is 1. The average molecular weight is 231 g/mol. The van der Waals surface area contributed by atoms with Gasteiger partial charge in [0, 0.05) is 13.0 Å². The van der Waals surface area contributed by atoms with Gasteiger partial charge >= 0.3 is 5.97 Å². The van der Waals surface area contributed by atoms with E-state index in [1.807, 2.05) is 18.2 Å². The van der Waals surface area contributed by atoms with Crippen LogP contribution in [0.3, 0.4) is 0 Å². The molecule has 1 aromatic rings. The Morgan fingerprint density at radius 2 is 2.18 bits per heavy atom. The van der Waals surface area contributed by atoms with Crippen molar-refractivity contribution in [2.75, 3.05) is 6.54 Å². The Morgan fingerprint density at radius 3 is 2.82 bits per heavy atom. The van der Waals surface area contributed by atoms with Gasteiger partial charge in [0.15, 0.2) is 0 Å². The van der Waals surface area contributed by atoms with Crippen molar-refractivity contribution < 1.29 is 9.90 Å². The molecule has 3 heteroatoms. The van der Waals surface area contributed by atoms with Crippen molar-refractivity contribution in [2.45, 2.75) is 24.8 Å². The van der Waals surface area contributed by atoms with Gasteiger partial charge < -0.3 is 5.11 Å². The predicted molar refractivity (Wildman–Crippen MR) is 67.0 cm³/mol. The van der Waals surface area contributed by atoms with Crippen molar-refractivity contribution >= 4 is 5.97 Å². The number of rotatable bonds is 4. The summed E-state index contributed by atoms with van der Waals surface area (Å²) in [7, 11) is 0. The second kappa shape index (κ2) is 4.72. The summed E-state index contributed by atoms with van der Waals surface area (Å²) in [6, 6.07) is 8.06. The molecule has 17 heavy (non-hydrogen) atoms. The van der Waals surface area contributed by atoms with E-state index in [4.69, 9.17) is 0 Å². The second-order valence-electron chi connectivity index (χ2n) is 4.50. The van der Waals surface area contributed by atoms with Crippen molar-refractivity contribution in [3.05, 3.63) is 48.0 Å². The topological polar surface area (TPSA) is 49.3 Å². The zero-order chi connectivity index (χ0) is 12.3. The first-order valence-electron chi connectivity index (χ1n) is 5.84. The van der Waals surface area contributed by atoms with Crippen LogP contribution in [0.2, 0.25) is 0 Å². The molecule has 1 aliphatic carbocycles. The highest BCUT2D eigenvalue weighted by Crippen LogP contribution is 2.28. The Hall–Kier alpha value is -1.61. The van der Waals surface area contributed by atoms with Crippen molar-refractivity contribution in [1.29, 1.82) is 0 Å². The van der Waals surface area contributed by atoms with Gasteiger partial charge in [0.25, 0.3) is 0 Å². The number of nitrogens with one attached hydrogen (secondary N) is 1. The third-order valence-electron chi connectivity index (χ3n) is 3.43. The monoisotopic (exact) mass is 231 g/mol. The molecule has 1 unspecified atom stereocenters. The minimum atomic E-state index is -0.831. The molecule has 90 valence electrons. The molecule has 0 spiro atoms. The molecular weight excluding hydrogens is 214 g/mol. The Kier molecular flexibility index (Phi) is 3.29. The molecule has 1 atom stereocenters. The van der Waals surface area contributed by atoms with Gasteiger partial charge in [-0.2, -0.15) is 0 Å². The molecule has 0 radical (unpaired) electrons. The minimum Gasteiger partial charge on any atom is -0.480 e. The van der Waals surface area contributed by atoms with Crippen molar-refractivity contribution in [1.82, 2.24) is 5.32 Å². The van der Waals surface area contributed by atoms with Crippen LogP contribution in [0.1, 0.15) is 17.5 Å². The molecule has 0 bridgehead atoms. The number of hydrogen-bond acceptors (Lipinski definition) is 2. The summed E-state index contributed by atoms with van der Waals surface area (Å²) in [5.74, 6) is -0.770. The van der Waals surface area contributed by atoms with Gasteiger partial charge in [-0.3, -0.25) is 10.1 Å². The maximum Gasteiger partial charge on any atom is 0.324 e. The summed E-state index contributed by atoms with van der Waals surface area (Å²) >= 11 is 0. The highest BCUT2D eigenvalue weighted by atomic mass is 16.4. The molecule has 2 N–H and O–H groups in total. The van der Waals surface area contributed by atoms with Gasteiger partial charge in [-0.05, 0) is 24.0 Å². The van der Waals surface area contributed by atoms with E-state index in [1.54, 1.807) is 6.08 Å². The largest absolute Gasteiger partial charge is 0.480 e. The van der Waals surface area contributed by atoms with E-state index in [0.29, 0.717) is 19.4 Å². The molecular formula is C14H17NO2. The number of hydrogen-bond donors (Lipinski definition) is 2. The molecule has 0 fully saturated rings. The lowest BCUT2D eigenvalue weighted by molar-refractivity contribution is -0.145. The molecule has 0 amide bonds. The summed E-state index contributed by atoms with van der Waals surface area (Å²) < 4.78 is 0. The third kappa shape index (κ3) is 2.24. The van der Waals surface area contributed by atoms with Crippen molar-refractivity contribution in [2.24, 2.45) is 0 Å². The highest BCUT2D eigenvalue weighted by molar-refractivity contribution is 5.80. The molecule has 1 aliphatic rings. The molecule has 0 heterocycles. The first-order chi connectivity index (χ1) is 8.18. The number of aliphatic carboxylic acids is 1. The quantitative estimate of drug-likeness (QED) is 0.776. The number of aryl methyl sites for hydroxylation is 1. The predicted octanol–water partition coefficient (Wildman–Crippen LogP) is 1.77. The Bertz CT molecular complexity index is 442. The summed E-state index contributed by atoms with van der Waals surface area (Å²) in [6.07, 6.45) is 3.69. The summed E-state index contributed by atoms with van der Waals surface area (Å²) in [6.45, 7) is 4.15. The van der Waals surface area contributed by atoms with Crippen molar-refractivity contribution in [3.63, 3.8) is 0 Å². The first-order valence-corrected chi connectivity index (χ1v) is 5.84. The zero-order valence-corrected chi connectivity index (χ0v) is 9.78. The summed E-state index contributed by atoms with van der Waals surface area (Å²) in [4.78, 5) is 11.5. The van der Waals surface area contributed by atoms with Gasteiger partial charge in [0.1, 0.15) is 5.54 Å². The highest BCUT2D eigenvalue weighted by Gasteiger charge is 2.40. The fraction of sp³-hybridized carbons (Fsp3) is 0.357. The number of benzene rings is 1. The standard InChI is InChI=1S/C14H17NO2/c1-2-9-15-14(13(16)17)8-7-11-5-3-4-6-12(11)10-14/h2-6,15H,1,7-10H2,(H,16,17). The van der Waals surface area contributed by atoms with E-state index in [9.17, 15) is 9.90 Å². The van der Waals surface area contributed by atoms with Crippen LogP contribution >= 0.6 is 0 Å². The fourth-order valence-corrected chi connectivity index (χ4v) is 2.41. The lowest BCUT2D eigenvalue weighted by atomic mass is 9.78. The van der Waals surface area contributed by atoms with Gasteiger partial charge in [-0.25, -0.2) is 0 Å². The van der Waals surface area contributed by atoms with Crippen LogP contribution in [0.4, 0.5) is 0 Å². The van der Waals surface area contributed by atoms with E-state index >= 15 is 0 Å². The molecule has 3 nitrogen and oxygen atoms in total. The van der Waals surface area contributed by atoms with E-state index in [1.165, 1.54) is 5.56 Å². The van der Waals surface area contributed by atoms with Crippen LogP contribution in [-0.4, -0.2) is 23.2 Å². The summed E-state index contributed by atoms with van der Waals surface area (Å²) in [5.41, 5.74) is 1.57. The van der Waals surface area contributed by atoms with Gasteiger partial charge in [0.2, 0.25) is 0 Å². The lowest BCUT2D eigenvalue weighted by Gasteiger charge is -2.35. The van der Waals surface area contributed by atoms with Crippen LogP contribution in [0.5, 0.6) is 0 Å². The lowest BCUT2D eigenvalue weighted by Crippen LogP contribution is -2.55.